The van der Waals surface area contributed by atoms with E-state index < -0.39 is 38.6 Å². The zero-order valence-electron chi connectivity index (χ0n) is 14.0. The Balaban J connectivity index is 2.02. The molecule has 3 rings (SSSR count). The van der Waals surface area contributed by atoms with Gasteiger partial charge in [0.2, 0.25) is 10.0 Å². The number of fused-ring (bicyclic) bond motifs is 1. The molecular formula is C17H21NO6S2. The van der Waals surface area contributed by atoms with Crippen molar-refractivity contribution in [3.63, 3.8) is 0 Å². The number of benzene rings is 2. The molecule has 0 spiro atoms. The van der Waals surface area contributed by atoms with Crippen molar-refractivity contribution in [3.05, 3.63) is 42.5 Å². The van der Waals surface area contributed by atoms with Gasteiger partial charge in [0.05, 0.1) is 29.1 Å². The Morgan fingerprint density at radius 1 is 1.15 bits per heavy atom. The van der Waals surface area contributed by atoms with Gasteiger partial charge in [0.25, 0.3) is 0 Å². The average molecular weight is 399 g/mol. The monoisotopic (exact) mass is 399 g/mol. The highest BCUT2D eigenvalue weighted by atomic mass is 32.2. The van der Waals surface area contributed by atoms with Crippen molar-refractivity contribution < 1.29 is 27.0 Å². The van der Waals surface area contributed by atoms with E-state index in [2.05, 4.69) is 0 Å². The SMILES string of the molecule is O=S1(=O)CC[C@H](N(C[C@H](O)CO)S(=O)(=O)c2ccc3ccccc3c2)C1. The summed E-state index contributed by atoms with van der Waals surface area (Å²) in [6.07, 6.45) is -1.11. The molecule has 0 unspecified atom stereocenters. The number of sulfone groups is 1. The van der Waals surface area contributed by atoms with Crippen LogP contribution in [-0.4, -0.2) is 68.2 Å². The van der Waals surface area contributed by atoms with E-state index in [0.29, 0.717) is 0 Å². The van der Waals surface area contributed by atoms with Crippen molar-refractivity contribution in [2.24, 2.45) is 0 Å². The predicted octanol–water partition coefficient (Wildman–Crippen LogP) is 0.371. The molecule has 0 bridgehead atoms. The van der Waals surface area contributed by atoms with Crippen LogP contribution in [0.3, 0.4) is 0 Å². The van der Waals surface area contributed by atoms with Crippen molar-refractivity contribution in [2.45, 2.75) is 23.5 Å². The number of aliphatic hydroxyl groups is 2. The second-order valence-electron chi connectivity index (χ2n) is 6.48. The lowest BCUT2D eigenvalue weighted by Crippen LogP contribution is -2.46. The van der Waals surface area contributed by atoms with Gasteiger partial charge in [-0.25, -0.2) is 16.8 Å². The Morgan fingerprint density at radius 2 is 1.85 bits per heavy atom. The minimum atomic E-state index is -4.03. The summed E-state index contributed by atoms with van der Waals surface area (Å²) in [6.45, 7) is -0.963. The lowest BCUT2D eigenvalue weighted by atomic mass is 10.1. The largest absolute Gasteiger partial charge is 0.394 e. The third-order valence-corrected chi connectivity index (χ3v) is 8.21. The summed E-state index contributed by atoms with van der Waals surface area (Å²) in [5.74, 6) is -0.366. The first-order valence-electron chi connectivity index (χ1n) is 8.23. The second-order valence-corrected chi connectivity index (χ2v) is 10.6. The van der Waals surface area contributed by atoms with Crippen LogP contribution < -0.4 is 0 Å². The topological polar surface area (TPSA) is 112 Å². The van der Waals surface area contributed by atoms with Crippen LogP contribution in [0.25, 0.3) is 10.8 Å². The summed E-state index contributed by atoms with van der Waals surface area (Å²) in [4.78, 5) is 0.0330. The van der Waals surface area contributed by atoms with E-state index in [1.165, 1.54) is 12.1 Å². The Hall–Kier alpha value is -1.52. The number of rotatable bonds is 6. The summed E-state index contributed by atoms with van der Waals surface area (Å²) in [5.41, 5.74) is 0. The van der Waals surface area contributed by atoms with Crippen molar-refractivity contribution in [1.29, 1.82) is 0 Å². The van der Waals surface area contributed by atoms with E-state index in [9.17, 15) is 21.9 Å². The molecule has 1 fully saturated rings. The fourth-order valence-corrected chi connectivity index (χ4v) is 6.73. The first kappa shape index (κ1) is 19.2. The van der Waals surface area contributed by atoms with E-state index in [0.717, 1.165) is 15.1 Å². The van der Waals surface area contributed by atoms with Crippen LogP contribution in [0.2, 0.25) is 0 Å². The smallest absolute Gasteiger partial charge is 0.243 e. The van der Waals surface area contributed by atoms with Crippen LogP contribution in [0.1, 0.15) is 6.42 Å². The fourth-order valence-electron chi connectivity index (χ4n) is 3.17. The van der Waals surface area contributed by atoms with Gasteiger partial charge in [-0.1, -0.05) is 30.3 Å². The predicted molar refractivity (Wildman–Crippen MR) is 98.0 cm³/mol. The first-order valence-corrected chi connectivity index (χ1v) is 11.5. The summed E-state index contributed by atoms with van der Waals surface area (Å²) in [7, 11) is -7.34. The van der Waals surface area contributed by atoms with Gasteiger partial charge in [-0.15, -0.1) is 0 Å². The Labute approximate surface area is 152 Å². The molecule has 2 N–H and O–H groups in total. The van der Waals surface area contributed by atoms with E-state index in [-0.39, 0.29) is 29.4 Å². The number of sulfonamides is 1. The molecule has 0 aliphatic carbocycles. The molecule has 0 aromatic heterocycles. The van der Waals surface area contributed by atoms with E-state index in [1.54, 1.807) is 18.2 Å². The molecule has 1 aliphatic rings. The Morgan fingerprint density at radius 3 is 2.46 bits per heavy atom. The van der Waals surface area contributed by atoms with Gasteiger partial charge in [-0.05, 0) is 29.3 Å². The number of aliphatic hydroxyl groups excluding tert-OH is 2. The fraction of sp³-hybridized carbons (Fsp3) is 0.412. The zero-order valence-corrected chi connectivity index (χ0v) is 15.7. The highest BCUT2D eigenvalue weighted by Gasteiger charge is 2.39. The van der Waals surface area contributed by atoms with Crippen LogP contribution in [0.5, 0.6) is 0 Å². The van der Waals surface area contributed by atoms with Gasteiger partial charge in [0.1, 0.15) is 0 Å². The molecule has 9 heteroatoms. The molecule has 0 amide bonds. The molecular weight excluding hydrogens is 378 g/mol. The highest BCUT2D eigenvalue weighted by molar-refractivity contribution is 7.92. The standard InChI is InChI=1S/C17H21NO6S2/c19-11-16(20)10-18(15-7-8-25(21,22)12-15)26(23,24)17-6-5-13-3-1-2-4-14(13)9-17/h1-6,9,15-16,19-20H,7-8,10-12H2/t15-,16-/m0/s1. The third-order valence-electron chi connectivity index (χ3n) is 4.54. The average Bonchev–Trinajstić information content (AvgIpc) is 2.98. The molecule has 2 aromatic carbocycles. The van der Waals surface area contributed by atoms with Crippen molar-refractivity contribution in [3.8, 4) is 0 Å². The number of nitrogens with zero attached hydrogens (tertiary/aromatic N) is 1. The normalized spacial score (nSPS) is 21.3. The van der Waals surface area contributed by atoms with Crippen molar-refractivity contribution in [1.82, 2.24) is 4.31 Å². The maximum Gasteiger partial charge on any atom is 0.243 e. The molecule has 7 nitrogen and oxygen atoms in total. The van der Waals surface area contributed by atoms with Gasteiger partial charge < -0.3 is 10.2 Å². The van der Waals surface area contributed by atoms with Gasteiger partial charge in [0.15, 0.2) is 9.84 Å². The van der Waals surface area contributed by atoms with E-state index >= 15 is 0 Å². The first-order chi connectivity index (χ1) is 12.2. The molecule has 1 saturated heterocycles. The maximum absolute atomic E-state index is 13.2. The van der Waals surface area contributed by atoms with Crippen LogP contribution >= 0.6 is 0 Å². The molecule has 2 aromatic rings. The summed E-state index contributed by atoms with van der Waals surface area (Å²) in [5, 5.41) is 20.5. The second kappa shape index (κ2) is 7.24. The lowest BCUT2D eigenvalue weighted by molar-refractivity contribution is 0.0730. The summed E-state index contributed by atoms with van der Waals surface area (Å²) < 4.78 is 51.0. The van der Waals surface area contributed by atoms with E-state index in [1.807, 2.05) is 12.1 Å². The highest BCUT2D eigenvalue weighted by Crippen LogP contribution is 2.27. The molecule has 1 aliphatic heterocycles. The minimum Gasteiger partial charge on any atom is -0.394 e. The molecule has 0 radical (unpaired) electrons. The molecule has 1 heterocycles. The Bertz CT molecular complexity index is 1000. The number of hydrogen-bond acceptors (Lipinski definition) is 6. The number of hydrogen-bond donors (Lipinski definition) is 2. The molecule has 2 atom stereocenters. The van der Waals surface area contributed by atoms with Crippen LogP contribution in [0.4, 0.5) is 0 Å². The van der Waals surface area contributed by atoms with Crippen molar-refractivity contribution in [2.75, 3.05) is 24.7 Å². The van der Waals surface area contributed by atoms with Gasteiger partial charge in [-0.3, -0.25) is 0 Å². The maximum atomic E-state index is 13.2. The van der Waals surface area contributed by atoms with Gasteiger partial charge in [0, 0.05) is 12.6 Å². The minimum absolute atomic E-state index is 0.0330. The van der Waals surface area contributed by atoms with Crippen LogP contribution in [0.15, 0.2) is 47.4 Å². The van der Waals surface area contributed by atoms with Crippen LogP contribution in [0, 0.1) is 0 Å². The summed E-state index contributed by atoms with van der Waals surface area (Å²) >= 11 is 0. The molecule has 0 saturated carbocycles. The quantitative estimate of drug-likeness (QED) is 0.726. The van der Waals surface area contributed by atoms with Gasteiger partial charge in [-0.2, -0.15) is 4.31 Å². The molecule has 142 valence electrons. The zero-order chi connectivity index (χ0) is 18.9. The third kappa shape index (κ3) is 3.91. The van der Waals surface area contributed by atoms with Crippen LogP contribution in [-0.2, 0) is 19.9 Å². The Kier molecular flexibility index (Phi) is 5.36. The van der Waals surface area contributed by atoms with E-state index in [4.69, 9.17) is 5.11 Å². The molecule has 26 heavy (non-hydrogen) atoms. The summed E-state index contributed by atoms with van der Waals surface area (Å²) in [6, 6.07) is 11.3. The lowest BCUT2D eigenvalue weighted by Gasteiger charge is -2.29. The van der Waals surface area contributed by atoms with Crippen molar-refractivity contribution >= 4 is 30.6 Å². The van der Waals surface area contributed by atoms with Gasteiger partial charge >= 0.3 is 0 Å².